The van der Waals surface area contributed by atoms with E-state index in [9.17, 15) is 0 Å². The lowest BCUT2D eigenvalue weighted by Crippen LogP contribution is -2.07. The van der Waals surface area contributed by atoms with Crippen LogP contribution < -0.4 is 19.3 Å². The van der Waals surface area contributed by atoms with Crippen molar-refractivity contribution in [3.63, 3.8) is 0 Å². The molecule has 0 aliphatic heterocycles. The highest BCUT2D eigenvalue weighted by Crippen LogP contribution is 2.46. The summed E-state index contributed by atoms with van der Waals surface area (Å²) in [5, 5.41) is 4.60. The highest BCUT2D eigenvalue weighted by molar-refractivity contribution is 6.11. The van der Waals surface area contributed by atoms with Crippen molar-refractivity contribution in [2.24, 2.45) is 0 Å². The van der Waals surface area contributed by atoms with Crippen LogP contribution in [0, 0.1) is 0 Å². The number of hydrogen-bond acceptors (Lipinski definition) is 4. The molecule has 0 spiro atoms. The van der Waals surface area contributed by atoms with Crippen molar-refractivity contribution in [2.75, 3.05) is 51.2 Å². The smallest absolute Gasteiger partial charge is 0.127 e. The van der Waals surface area contributed by atoms with Gasteiger partial charge in [-0.2, -0.15) is 0 Å². The lowest BCUT2D eigenvalue weighted by Gasteiger charge is -2.20. The summed E-state index contributed by atoms with van der Waals surface area (Å²) in [5.41, 5.74) is 9.26. The van der Waals surface area contributed by atoms with Crippen LogP contribution in [-0.2, 0) is 0 Å². The van der Waals surface area contributed by atoms with Gasteiger partial charge in [0.1, 0.15) is 11.5 Å². The van der Waals surface area contributed by atoms with E-state index < -0.39 is 0 Å². The molecule has 0 saturated heterocycles. The molecular weight excluding hydrogens is 540 g/mol. The van der Waals surface area contributed by atoms with Crippen molar-refractivity contribution < 1.29 is 9.47 Å². The van der Waals surface area contributed by atoms with Crippen LogP contribution in [0.5, 0.6) is 11.5 Å². The zero-order chi connectivity index (χ0) is 30.8. The van der Waals surface area contributed by atoms with E-state index in [4.69, 9.17) is 9.47 Å². The maximum atomic E-state index is 6.29. The zero-order valence-corrected chi connectivity index (χ0v) is 26.5. The van der Waals surface area contributed by atoms with Gasteiger partial charge in [-0.25, -0.2) is 0 Å². The van der Waals surface area contributed by atoms with Crippen molar-refractivity contribution in [2.45, 2.75) is 13.8 Å². The number of rotatable bonds is 9. The third-order valence-corrected chi connectivity index (χ3v) is 8.25. The van der Waals surface area contributed by atoms with Crippen LogP contribution in [0.15, 0.2) is 109 Å². The van der Waals surface area contributed by atoms with Crippen LogP contribution in [0.25, 0.3) is 54.9 Å². The van der Waals surface area contributed by atoms with E-state index in [1.807, 2.05) is 13.8 Å². The summed E-state index contributed by atoms with van der Waals surface area (Å²) >= 11 is 0. The van der Waals surface area contributed by atoms with E-state index in [1.165, 1.54) is 33.6 Å². The monoisotopic (exact) mass is 580 g/mol. The van der Waals surface area contributed by atoms with E-state index in [0.717, 1.165) is 44.2 Å². The van der Waals surface area contributed by atoms with Gasteiger partial charge in [-0.05, 0) is 106 Å². The molecule has 0 saturated carbocycles. The van der Waals surface area contributed by atoms with Crippen LogP contribution in [-0.4, -0.2) is 41.4 Å². The van der Waals surface area contributed by atoms with E-state index in [1.54, 1.807) is 0 Å². The van der Waals surface area contributed by atoms with E-state index in [2.05, 4.69) is 147 Å². The first-order valence-corrected chi connectivity index (χ1v) is 15.3. The Hall–Kier alpha value is -4.96. The Kier molecular flexibility index (Phi) is 8.17. The van der Waals surface area contributed by atoms with Gasteiger partial charge in [-0.15, -0.1) is 0 Å². The van der Waals surface area contributed by atoms with Crippen molar-refractivity contribution in [1.82, 2.24) is 0 Å². The van der Waals surface area contributed by atoms with Gasteiger partial charge in [-0.1, -0.05) is 60.7 Å². The molecule has 0 atom stereocenters. The summed E-state index contributed by atoms with van der Waals surface area (Å²) in [4.78, 5) is 4.24. The minimum absolute atomic E-state index is 0.580. The van der Waals surface area contributed by atoms with E-state index in [0.29, 0.717) is 13.2 Å². The number of fused-ring (bicyclic) bond motifs is 2. The fourth-order valence-corrected chi connectivity index (χ4v) is 5.95. The van der Waals surface area contributed by atoms with Gasteiger partial charge in [0.15, 0.2) is 0 Å². The Bertz CT molecular complexity index is 1780. The second-order valence-electron chi connectivity index (χ2n) is 11.5. The fourth-order valence-electron chi connectivity index (χ4n) is 5.95. The summed E-state index contributed by atoms with van der Waals surface area (Å²) in [5.74, 6) is 1.72. The first-order valence-electron chi connectivity index (χ1n) is 15.3. The zero-order valence-electron chi connectivity index (χ0n) is 26.5. The Morgan fingerprint density at radius 2 is 0.795 bits per heavy atom. The minimum Gasteiger partial charge on any atom is -0.493 e. The van der Waals surface area contributed by atoms with Crippen molar-refractivity contribution in [3.8, 4) is 44.9 Å². The van der Waals surface area contributed by atoms with Crippen LogP contribution in [0.2, 0.25) is 0 Å². The maximum Gasteiger partial charge on any atom is 0.127 e. The van der Waals surface area contributed by atoms with Gasteiger partial charge in [0.2, 0.25) is 0 Å². The Labute approximate surface area is 261 Å². The normalized spacial score (nSPS) is 11.1. The molecule has 0 aliphatic carbocycles. The summed E-state index contributed by atoms with van der Waals surface area (Å²) in [6.07, 6.45) is 0. The Morgan fingerprint density at radius 3 is 1.14 bits per heavy atom. The van der Waals surface area contributed by atoms with Crippen molar-refractivity contribution in [1.29, 1.82) is 0 Å². The Morgan fingerprint density at radius 1 is 0.432 bits per heavy atom. The first kappa shape index (κ1) is 29.1. The molecule has 6 aromatic rings. The number of anilines is 2. The molecule has 44 heavy (non-hydrogen) atoms. The summed E-state index contributed by atoms with van der Waals surface area (Å²) < 4.78 is 12.6. The van der Waals surface area contributed by atoms with Gasteiger partial charge in [-0.3, -0.25) is 0 Å². The largest absolute Gasteiger partial charge is 0.493 e. The van der Waals surface area contributed by atoms with Gasteiger partial charge in [0.25, 0.3) is 0 Å². The summed E-state index contributed by atoms with van der Waals surface area (Å²) in [6.45, 7) is 5.23. The highest BCUT2D eigenvalue weighted by atomic mass is 16.5. The quantitative estimate of drug-likeness (QED) is 0.170. The molecule has 0 heterocycles. The third kappa shape index (κ3) is 5.56. The Balaban J connectivity index is 1.53. The average molecular weight is 581 g/mol. The molecule has 0 amide bonds. The standard InChI is InChI=1S/C40H40N2O2/c1-7-43-37-23-15-31-25-29(27-9-17-33(18-10-27)41(3)4)13-21-35(31)39(37)40-36-22-14-30(26-32(36)16-24-38(40)44-8-2)28-11-19-34(20-12-28)42(5)6/h9-26H,7-8H2,1-6H3. The summed E-state index contributed by atoms with van der Waals surface area (Å²) in [6, 6.07) is 39.4. The first-order chi connectivity index (χ1) is 21.4. The van der Waals surface area contributed by atoms with Crippen LogP contribution in [0.4, 0.5) is 11.4 Å². The molecule has 0 bridgehead atoms. The molecule has 222 valence electrons. The number of benzene rings is 6. The molecule has 4 nitrogen and oxygen atoms in total. The average Bonchev–Trinajstić information content (AvgIpc) is 3.05. The lowest BCUT2D eigenvalue weighted by molar-refractivity contribution is 0.337. The molecule has 4 heteroatoms. The molecule has 0 aromatic heterocycles. The molecular formula is C40H40N2O2. The molecule has 0 N–H and O–H groups in total. The van der Waals surface area contributed by atoms with Crippen LogP contribution >= 0.6 is 0 Å². The van der Waals surface area contributed by atoms with Crippen molar-refractivity contribution in [3.05, 3.63) is 109 Å². The second kappa shape index (κ2) is 12.3. The molecule has 0 unspecified atom stereocenters. The predicted octanol–water partition coefficient (Wildman–Crippen LogP) is 9.92. The molecule has 0 radical (unpaired) electrons. The third-order valence-electron chi connectivity index (χ3n) is 8.25. The second-order valence-corrected chi connectivity index (χ2v) is 11.5. The number of hydrogen-bond donors (Lipinski definition) is 0. The molecule has 0 fully saturated rings. The lowest BCUT2D eigenvalue weighted by atomic mass is 9.90. The van der Waals surface area contributed by atoms with E-state index in [-0.39, 0.29) is 0 Å². The predicted molar refractivity (Wildman–Crippen MR) is 189 cm³/mol. The van der Waals surface area contributed by atoms with E-state index >= 15 is 0 Å². The van der Waals surface area contributed by atoms with Crippen molar-refractivity contribution >= 4 is 32.9 Å². The molecule has 0 aliphatic rings. The highest BCUT2D eigenvalue weighted by Gasteiger charge is 2.20. The summed E-state index contributed by atoms with van der Waals surface area (Å²) in [7, 11) is 8.26. The van der Waals surface area contributed by atoms with Gasteiger partial charge in [0, 0.05) is 50.7 Å². The van der Waals surface area contributed by atoms with Gasteiger partial charge in [0.05, 0.1) is 13.2 Å². The fraction of sp³-hybridized carbons (Fsp3) is 0.200. The van der Waals surface area contributed by atoms with Crippen LogP contribution in [0.1, 0.15) is 13.8 Å². The minimum atomic E-state index is 0.580. The van der Waals surface area contributed by atoms with Gasteiger partial charge >= 0.3 is 0 Å². The number of ether oxygens (including phenoxy) is 2. The molecule has 6 rings (SSSR count). The SMILES string of the molecule is CCOc1ccc2cc(-c3ccc(N(C)C)cc3)ccc2c1-c1c(OCC)ccc2cc(-c3ccc(N(C)C)cc3)ccc12. The topological polar surface area (TPSA) is 24.9 Å². The number of nitrogens with zero attached hydrogens (tertiary/aromatic N) is 2. The maximum absolute atomic E-state index is 6.29. The molecule has 6 aromatic carbocycles. The van der Waals surface area contributed by atoms with Crippen LogP contribution in [0.3, 0.4) is 0 Å². The van der Waals surface area contributed by atoms with Gasteiger partial charge < -0.3 is 19.3 Å².